The summed E-state index contributed by atoms with van der Waals surface area (Å²) >= 11 is 0. The Morgan fingerprint density at radius 3 is 2.22 bits per heavy atom. The van der Waals surface area contributed by atoms with E-state index in [1.54, 1.807) is 51.3 Å². The van der Waals surface area contributed by atoms with E-state index in [1.165, 1.54) is 7.11 Å². The van der Waals surface area contributed by atoms with E-state index in [0.29, 0.717) is 5.56 Å². The standard InChI is InChI=1S/C19H30N2O5S/c1-13(2)18(21-19(22)26-14(3)4)12-27(23,24)15(5)17-9-7-16(8-10-17)11-20-25-6/h7-11,13-15,18H,12H2,1-6H3,(H,21,22)/t15?,18-/m1/s1. The lowest BCUT2D eigenvalue weighted by atomic mass is 10.1. The molecule has 0 radical (unpaired) electrons. The van der Waals surface area contributed by atoms with Crippen molar-refractivity contribution in [3.63, 3.8) is 0 Å². The van der Waals surface area contributed by atoms with Gasteiger partial charge in [-0.05, 0) is 37.8 Å². The molecule has 152 valence electrons. The SMILES string of the molecule is CON=Cc1ccc(C(C)S(=O)(=O)C[C@@H](NC(=O)OC(C)C)C(C)C)cc1. The minimum Gasteiger partial charge on any atom is -0.447 e. The zero-order chi connectivity index (χ0) is 20.6. The van der Waals surface area contributed by atoms with Gasteiger partial charge in [-0.25, -0.2) is 13.2 Å². The van der Waals surface area contributed by atoms with Crippen molar-refractivity contribution in [3.05, 3.63) is 35.4 Å². The lowest BCUT2D eigenvalue weighted by Crippen LogP contribution is -2.44. The van der Waals surface area contributed by atoms with Gasteiger partial charge in [-0.1, -0.05) is 43.3 Å². The third-order valence-electron chi connectivity index (χ3n) is 4.11. The molecular formula is C19H30N2O5S. The maximum atomic E-state index is 12.9. The second-order valence-corrected chi connectivity index (χ2v) is 9.37. The Labute approximate surface area is 162 Å². The zero-order valence-electron chi connectivity index (χ0n) is 16.8. The van der Waals surface area contributed by atoms with Crippen LogP contribution in [0, 0.1) is 5.92 Å². The van der Waals surface area contributed by atoms with Crippen LogP contribution in [0.5, 0.6) is 0 Å². The number of nitrogens with zero attached hydrogens (tertiary/aromatic N) is 1. The summed E-state index contributed by atoms with van der Waals surface area (Å²) in [6.07, 6.45) is 0.670. The van der Waals surface area contributed by atoms with Crippen molar-refractivity contribution in [2.24, 2.45) is 11.1 Å². The first-order valence-corrected chi connectivity index (χ1v) is 10.6. The van der Waals surface area contributed by atoms with E-state index in [1.807, 2.05) is 13.8 Å². The zero-order valence-corrected chi connectivity index (χ0v) is 17.6. The molecule has 8 heteroatoms. The summed E-state index contributed by atoms with van der Waals surface area (Å²) in [5.74, 6) is -0.217. The summed E-state index contributed by atoms with van der Waals surface area (Å²) in [5, 5.41) is 5.65. The maximum Gasteiger partial charge on any atom is 0.407 e. The predicted molar refractivity (Wildman–Crippen MR) is 107 cm³/mol. The first-order chi connectivity index (χ1) is 12.6. The van der Waals surface area contributed by atoms with Gasteiger partial charge < -0.3 is 14.9 Å². The fourth-order valence-corrected chi connectivity index (χ4v) is 4.20. The molecule has 0 aliphatic heterocycles. The molecule has 7 nitrogen and oxygen atoms in total. The maximum absolute atomic E-state index is 12.9. The average Bonchev–Trinajstić information content (AvgIpc) is 2.58. The van der Waals surface area contributed by atoms with Gasteiger partial charge in [-0.15, -0.1) is 0 Å². The molecule has 1 N–H and O–H groups in total. The summed E-state index contributed by atoms with van der Waals surface area (Å²) in [4.78, 5) is 16.5. The highest BCUT2D eigenvalue weighted by Crippen LogP contribution is 2.24. The Kier molecular flexibility index (Phi) is 8.75. The second kappa shape index (κ2) is 10.3. The van der Waals surface area contributed by atoms with E-state index in [-0.39, 0.29) is 17.8 Å². The number of amides is 1. The summed E-state index contributed by atoms with van der Waals surface area (Å²) in [7, 11) is -2.04. The van der Waals surface area contributed by atoms with Gasteiger partial charge in [0, 0.05) is 6.04 Å². The molecular weight excluding hydrogens is 368 g/mol. The molecule has 1 amide bonds. The van der Waals surface area contributed by atoms with Crippen molar-refractivity contribution in [1.29, 1.82) is 0 Å². The minimum atomic E-state index is -3.49. The molecule has 0 saturated heterocycles. The quantitative estimate of drug-likeness (QED) is 0.509. The van der Waals surface area contributed by atoms with Crippen LogP contribution in [0.1, 0.15) is 51.0 Å². The number of alkyl carbamates (subject to hydrolysis) is 1. The predicted octanol–water partition coefficient (Wildman–Crippen LogP) is 3.30. The summed E-state index contributed by atoms with van der Waals surface area (Å²) in [5.41, 5.74) is 1.49. The third kappa shape index (κ3) is 7.58. The lowest BCUT2D eigenvalue weighted by Gasteiger charge is -2.24. The molecule has 0 bridgehead atoms. The van der Waals surface area contributed by atoms with Gasteiger partial charge in [0.1, 0.15) is 7.11 Å². The van der Waals surface area contributed by atoms with Crippen LogP contribution in [-0.2, 0) is 19.4 Å². The van der Waals surface area contributed by atoms with Crippen molar-refractivity contribution in [2.45, 2.75) is 52.0 Å². The van der Waals surface area contributed by atoms with E-state index in [0.717, 1.165) is 5.56 Å². The Bertz CT molecular complexity index is 727. The smallest absolute Gasteiger partial charge is 0.407 e. The molecule has 1 aromatic carbocycles. The number of carbonyl (C=O) groups excluding carboxylic acids is 1. The molecule has 0 heterocycles. The highest BCUT2D eigenvalue weighted by molar-refractivity contribution is 7.91. The lowest BCUT2D eigenvalue weighted by molar-refractivity contribution is 0.111. The Hall–Kier alpha value is -2.09. The van der Waals surface area contributed by atoms with Crippen molar-refractivity contribution in [2.75, 3.05) is 12.9 Å². The topological polar surface area (TPSA) is 94.1 Å². The number of oxime groups is 1. The molecule has 0 spiro atoms. The van der Waals surface area contributed by atoms with Crippen LogP contribution >= 0.6 is 0 Å². The van der Waals surface area contributed by atoms with Crippen molar-refractivity contribution in [1.82, 2.24) is 5.32 Å². The number of benzene rings is 1. The molecule has 0 aliphatic rings. The van der Waals surface area contributed by atoms with Crippen LogP contribution in [0.25, 0.3) is 0 Å². The Morgan fingerprint density at radius 2 is 1.74 bits per heavy atom. The fourth-order valence-electron chi connectivity index (χ4n) is 2.37. The van der Waals surface area contributed by atoms with E-state index in [4.69, 9.17) is 4.74 Å². The number of nitrogens with one attached hydrogen (secondary N) is 1. The largest absolute Gasteiger partial charge is 0.447 e. The molecule has 1 aromatic rings. The van der Waals surface area contributed by atoms with Crippen molar-refractivity contribution >= 4 is 22.1 Å². The van der Waals surface area contributed by atoms with E-state index in [9.17, 15) is 13.2 Å². The Balaban J connectivity index is 2.89. The van der Waals surface area contributed by atoms with Gasteiger partial charge in [0.05, 0.1) is 23.3 Å². The number of rotatable bonds is 9. The highest BCUT2D eigenvalue weighted by atomic mass is 32.2. The molecule has 1 unspecified atom stereocenters. The van der Waals surface area contributed by atoms with Gasteiger partial charge in [0.15, 0.2) is 9.84 Å². The molecule has 27 heavy (non-hydrogen) atoms. The van der Waals surface area contributed by atoms with Crippen molar-refractivity contribution < 1.29 is 22.8 Å². The molecule has 0 aromatic heterocycles. The minimum absolute atomic E-state index is 0.0562. The monoisotopic (exact) mass is 398 g/mol. The summed E-state index contributed by atoms with van der Waals surface area (Å²) in [6.45, 7) is 8.86. The molecule has 2 atom stereocenters. The van der Waals surface area contributed by atoms with Gasteiger partial charge in [0.2, 0.25) is 0 Å². The van der Waals surface area contributed by atoms with Gasteiger partial charge in [-0.2, -0.15) is 0 Å². The van der Waals surface area contributed by atoms with Crippen LogP contribution in [-0.4, -0.2) is 45.7 Å². The third-order valence-corrected chi connectivity index (χ3v) is 6.29. The molecule has 0 aliphatic carbocycles. The average molecular weight is 399 g/mol. The van der Waals surface area contributed by atoms with E-state index in [2.05, 4.69) is 15.3 Å². The molecule has 0 saturated carbocycles. The number of ether oxygens (including phenoxy) is 1. The van der Waals surface area contributed by atoms with Crippen molar-refractivity contribution in [3.8, 4) is 0 Å². The van der Waals surface area contributed by atoms with Crippen LogP contribution < -0.4 is 5.32 Å². The van der Waals surface area contributed by atoms with Crippen LogP contribution in [0.15, 0.2) is 29.4 Å². The Morgan fingerprint density at radius 1 is 1.15 bits per heavy atom. The number of hydrogen-bond donors (Lipinski definition) is 1. The number of sulfone groups is 1. The summed E-state index contributed by atoms with van der Waals surface area (Å²) < 4.78 is 30.8. The second-order valence-electron chi connectivity index (χ2n) is 7.00. The number of carbonyl (C=O) groups is 1. The van der Waals surface area contributed by atoms with Gasteiger partial charge >= 0.3 is 6.09 Å². The van der Waals surface area contributed by atoms with Crippen LogP contribution in [0.2, 0.25) is 0 Å². The van der Waals surface area contributed by atoms with E-state index >= 15 is 0 Å². The van der Waals surface area contributed by atoms with Crippen LogP contribution in [0.4, 0.5) is 4.79 Å². The highest BCUT2D eigenvalue weighted by Gasteiger charge is 2.29. The van der Waals surface area contributed by atoms with E-state index < -0.39 is 27.2 Å². The molecule has 0 fully saturated rings. The fraction of sp³-hybridized carbons (Fsp3) is 0.579. The van der Waals surface area contributed by atoms with Gasteiger partial charge in [0.25, 0.3) is 0 Å². The first-order valence-electron chi connectivity index (χ1n) is 8.92. The molecule has 1 rings (SSSR count). The first kappa shape index (κ1) is 23.0. The summed E-state index contributed by atoms with van der Waals surface area (Å²) in [6, 6.07) is 6.54. The van der Waals surface area contributed by atoms with Crippen LogP contribution in [0.3, 0.4) is 0 Å². The number of hydrogen-bond acceptors (Lipinski definition) is 6. The normalized spacial score (nSPS) is 14.4. The van der Waals surface area contributed by atoms with Gasteiger partial charge in [-0.3, -0.25) is 0 Å².